The Morgan fingerprint density at radius 1 is 0.617 bits per heavy atom. The normalized spacial score (nSPS) is 9.97. The number of nitrogens with one attached hydrogen (secondary N) is 1. The van der Waals surface area contributed by atoms with Crippen LogP contribution in [0.15, 0.2) is 66.4 Å². The van der Waals surface area contributed by atoms with Crippen molar-refractivity contribution in [1.29, 1.82) is 0 Å². The van der Waals surface area contributed by atoms with Crippen LogP contribution in [0.4, 0.5) is 39.8 Å². The number of nitro benzene ring substituents is 4. The Morgan fingerprint density at radius 2 is 1.05 bits per heavy atom. The van der Waals surface area contributed by atoms with Gasteiger partial charge in [0, 0.05) is 29.9 Å². The van der Waals surface area contributed by atoms with Crippen LogP contribution in [0.5, 0.6) is 0 Å². The fraction of sp³-hybridized carbons (Fsp3) is 0.212. The van der Waals surface area contributed by atoms with E-state index in [9.17, 15) is 50.0 Å². The van der Waals surface area contributed by atoms with Gasteiger partial charge in [0.1, 0.15) is 43.7 Å². The van der Waals surface area contributed by atoms with Crippen LogP contribution < -0.4 is 16.8 Å². The third-order valence-electron chi connectivity index (χ3n) is 6.80. The number of nitrogens with zero attached hydrogens (tertiary/aromatic N) is 4. The molecule has 0 bridgehead atoms. The minimum Gasteiger partial charge on any atom is -0.466 e. The van der Waals surface area contributed by atoms with E-state index in [1.165, 1.54) is 24.3 Å². The lowest BCUT2D eigenvalue weighted by Crippen LogP contribution is -2.17. The van der Waals surface area contributed by atoms with Crippen LogP contribution in [0.2, 0.25) is 20.1 Å². The lowest BCUT2D eigenvalue weighted by atomic mass is 10.1. The summed E-state index contributed by atoms with van der Waals surface area (Å²) in [6, 6.07) is 12.0. The van der Waals surface area contributed by atoms with Gasteiger partial charge in [-0.15, -0.1) is 0 Å². The number of nitrogens with two attached hydrogens (primary N) is 2. The van der Waals surface area contributed by atoms with Crippen molar-refractivity contribution in [3.63, 3.8) is 0 Å². The number of rotatable bonds is 12. The number of anilines is 3. The molecular formula is C33H29Br4Cl4N7O12. The second-order valence-corrected chi connectivity index (χ2v) is 15.7. The van der Waals surface area contributed by atoms with Gasteiger partial charge in [-0.3, -0.25) is 50.0 Å². The molecule has 0 heterocycles. The molecule has 0 radical (unpaired) electrons. The zero-order chi connectivity index (χ0) is 46.0. The molecule has 0 saturated carbocycles. The summed E-state index contributed by atoms with van der Waals surface area (Å²) >= 11 is 35.2. The maximum absolute atomic E-state index is 11.3. The first-order valence-electron chi connectivity index (χ1n) is 16.1. The number of carbonyl (C=O) groups is 2. The molecule has 5 N–H and O–H groups in total. The average Bonchev–Trinajstić information content (AvgIpc) is 3.16. The van der Waals surface area contributed by atoms with Gasteiger partial charge in [0.05, 0.1) is 32.9 Å². The summed E-state index contributed by atoms with van der Waals surface area (Å²) in [5.74, 6) is -0.885. The van der Waals surface area contributed by atoms with Crippen LogP contribution >= 0.6 is 110 Å². The molecule has 0 spiro atoms. The molecular weight excluding hydrogens is 1150 g/mol. The Balaban J connectivity index is 0.000000407. The molecule has 0 aliphatic carbocycles. The minimum atomic E-state index is -0.611. The minimum absolute atomic E-state index is 0.0196. The molecule has 324 valence electrons. The van der Waals surface area contributed by atoms with Crippen LogP contribution in [0.25, 0.3) is 0 Å². The quantitative estimate of drug-likeness (QED) is 0.0514. The monoisotopic (exact) mass is 1170 g/mol. The van der Waals surface area contributed by atoms with Crippen molar-refractivity contribution in [2.24, 2.45) is 0 Å². The maximum atomic E-state index is 11.3. The number of esters is 2. The van der Waals surface area contributed by atoms with Crippen molar-refractivity contribution in [2.45, 2.75) is 26.7 Å². The van der Waals surface area contributed by atoms with Crippen LogP contribution in [0.1, 0.15) is 25.8 Å². The smallest absolute Gasteiger partial charge is 0.325 e. The summed E-state index contributed by atoms with van der Waals surface area (Å²) in [5, 5.41) is 45.4. The molecule has 60 heavy (non-hydrogen) atoms. The van der Waals surface area contributed by atoms with E-state index in [0.717, 1.165) is 0 Å². The fourth-order valence-electron chi connectivity index (χ4n) is 4.20. The molecule has 27 heteroatoms. The van der Waals surface area contributed by atoms with E-state index in [4.69, 9.17) is 67.3 Å². The summed E-state index contributed by atoms with van der Waals surface area (Å²) in [6.07, 6.45) is 0.282. The highest BCUT2D eigenvalue weighted by Crippen LogP contribution is 2.39. The van der Waals surface area contributed by atoms with E-state index in [1.807, 2.05) is 0 Å². The van der Waals surface area contributed by atoms with Crippen LogP contribution in [0, 0.1) is 40.5 Å². The van der Waals surface area contributed by atoms with Gasteiger partial charge < -0.3 is 26.3 Å². The molecule has 19 nitrogen and oxygen atoms in total. The molecule has 4 rings (SSSR count). The number of hydrogen-bond donors (Lipinski definition) is 3. The largest absolute Gasteiger partial charge is 0.466 e. The predicted molar refractivity (Wildman–Crippen MR) is 242 cm³/mol. The maximum Gasteiger partial charge on any atom is 0.325 e. The van der Waals surface area contributed by atoms with E-state index in [2.05, 4.69) is 69.0 Å². The highest BCUT2D eigenvalue weighted by Gasteiger charge is 2.24. The Morgan fingerprint density at radius 3 is 1.52 bits per heavy atom. The van der Waals surface area contributed by atoms with Crippen LogP contribution in [0.3, 0.4) is 0 Å². The first kappa shape index (κ1) is 53.9. The second-order valence-electron chi connectivity index (χ2n) is 10.7. The van der Waals surface area contributed by atoms with Gasteiger partial charge in [-0.25, -0.2) is 0 Å². The Labute approximate surface area is 393 Å². The molecule has 0 fully saturated rings. The van der Waals surface area contributed by atoms with Gasteiger partial charge in [0.15, 0.2) is 0 Å². The van der Waals surface area contributed by atoms with Gasteiger partial charge in [-0.2, -0.15) is 0 Å². The molecule has 4 aromatic carbocycles. The van der Waals surface area contributed by atoms with Crippen molar-refractivity contribution in [1.82, 2.24) is 0 Å². The van der Waals surface area contributed by atoms with Crippen molar-refractivity contribution >= 4 is 162 Å². The molecule has 0 aliphatic heterocycles. The SMILES string of the molecule is CCOC(=O)CCc1c(Br)ccc(Cl)c1[N+](=O)[O-].CCOC(=O)CNc1ccc(Br)c(Cl)c1[N+](=O)[O-].Nc1c(Br)ccc(Cl)c1[N+](=O)[O-].Nc1ccc(Br)c(Cl)c1[N+](=O)[O-]. The number of nitrogen functional groups attached to an aromatic ring is 2. The Kier molecular flexibility index (Phi) is 23.6. The first-order chi connectivity index (χ1) is 28.0. The molecule has 0 aliphatic rings. The molecule has 0 amide bonds. The first-order valence-corrected chi connectivity index (χ1v) is 20.7. The molecule has 0 atom stereocenters. The number of hydrogen-bond acceptors (Lipinski definition) is 15. The Hall–Kier alpha value is -4.10. The summed E-state index contributed by atoms with van der Waals surface area (Å²) in [4.78, 5) is 62.7. The summed E-state index contributed by atoms with van der Waals surface area (Å²) in [5.41, 5.74) is 10.5. The summed E-state index contributed by atoms with van der Waals surface area (Å²) in [6.45, 7) is 3.76. The third kappa shape index (κ3) is 16.4. The highest BCUT2D eigenvalue weighted by molar-refractivity contribution is 9.11. The van der Waals surface area contributed by atoms with Gasteiger partial charge in [0.25, 0.3) is 5.69 Å². The van der Waals surface area contributed by atoms with E-state index < -0.39 is 31.6 Å². The molecule has 0 unspecified atom stereocenters. The van der Waals surface area contributed by atoms with E-state index in [-0.39, 0.29) is 92.5 Å². The number of nitro groups is 4. The number of ether oxygens (including phenoxy) is 2. The van der Waals surface area contributed by atoms with Crippen LogP contribution in [-0.4, -0.2) is 51.4 Å². The van der Waals surface area contributed by atoms with E-state index >= 15 is 0 Å². The van der Waals surface area contributed by atoms with Crippen molar-refractivity contribution < 1.29 is 38.8 Å². The number of carbonyl (C=O) groups excluding carboxylic acids is 2. The predicted octanol–water partition coefficient (Wildman–Crippen LogP) is 11.7. The topological polar surface area (TPSA) is 289 Å². The van der Waals surface area contributed by atoms with Gasteiger partial charge in [-0.05, 0) is 117 Å². The molecule has 0 saturated heterocycles. The standard InChI is InChI=1S/C11H11BrClNO4.C10H10BrClN2O4.2C6H4BrClN2O2/c1-2-18-10(15)6-3-7-8(12)4-5-9(13)11(7)14(16)17;1-2-18-8(15)5-13-7-4-3-6(11)9(12)10(7)14(16)17;7-3-1-2-4(9)6(5(3)8)10(11)12;7-3-1-2-4(8)6(5(3)9)10(11)12/h4-5H,2-3,6H2,1H3;3-4,13H,2,5H2,1H3;2*1-2H,9H2. The van der Waals surface area contributed by atoms with E-state index in [0.29, 0.717) is 23.5 Å². The van der Waals surface area contributed by atoms with Crippen LogP contribution in [-0.2, 0) is 25.5 Å². The molecule has 4 aromatic rings. The van der Waals surface area contributed by atoms with Gasteiger partial charge >= 0.3 is 29.0 Å². The van der Waals surface area contributed by atoms with Gasteiger partial charge in [0.2, 0.25) is 0 Å². The second kappa shape index (κ2) is 26.3. The van der Waals surface area contributed by atoms with Crippen molar-refractivity contribution in [3.05, 3.63) is 133 Å². The van der Waals surface area contributed by atoms with E-state index in [1.54, 1.807) is 38.1 Å². The molecule has 0 aromatic heterocycles. The lowest BCUT2D eigenvalue weighted by Gasteiger charge is -2.08. The lowest BCUT2D eigenvalue weighted by molar-refractivity contribution is -0.385. The zero-order valence-electron chi connectivity index (χ0n) is 30.5. The summed E-state index contributed by atoms with van der Waals surface area (Å²) in [7, 11) is 0. The summed E-state index contributed by atoms with van der Waals surface area (Å²) < 4.78 is 11.4. The van der Waals surface area contributed by atoms with Crippen molar-refractivity contribution in [3.8, 4) is 0 Å². The highest BCUT2D eigenvalue weighted by atomic mass is 79.9. The Bertz CT molecular complexity index is 2180. The number of halogens is 8. The third-order valence-corrected chi connectivity index (χ3v) is 11.4. The van der Waals surface area contributed by atoms with Crippen molar-refractivity contribution in [2.75, 3.05) is 36.5 Å². The van der Waals surface area contributed by atoms with Gasteiger partial charge in [-0.1, -0.05) is 62.3 Å². The number of benzene rings is 4. The average molecular weight is 1180 g/mol. The zero-order valence-corrected chi connectivity index (χ0v) is 39.9. The fourth-order valence-corrected chi connectivity index (χ4v) is 6.63.